The zero-order valence-electron chi connectivity index (χ0n) is 12.3. The Labute approximate surface area is 131 Å². The fourth-order valence-electron chi connectivity index (χ4n) is 1.85. The quantitative estimate of drug-likeness (QED) is 0.444. The second kappa shape index (κ2) is 7.35. The summed E-state index contributed by atoms with van der Waals surface area (Å²) in [7, 11) is 0. The third-order valence-electron chi connectivity index (χ3n) is 2.97. The number of carbonyl (C=O) groups excluding carboxylic acids is 1. The van der Waals surface area contributed by atoms with Gasteiger partial charge in [-0.05, 0) is 37.3 Å². The van der Waals surface area contributed by atoms with Gasteiger partial charge in [0.2, 0.25) is 0 Å². The van der Waals surface area contributed by atoms with Crippen molar-refractivity contribution >= 4 is 11.5 Å². The minimum atomic E-state index is -0.890. The molecule has 2 aromatic carbocycles. The number of Topliss-reactive ketones (excluding diaryl/α,β-unsaturated/α-hetero) is 1. The lowest BCUT2D eigenvalue weighted by molar-refractivity contribution is -0.385. The molecule has 23 heavy (non-hydrogen) atoms. The van der Waals surface area contributed by atoms with E-state index >= 15 is 0 Å². The van der Waals surface area contributed by atoms with Gasteiger partial charge in [0.15, 0.2) is 24.0 Å². The first-order chi connectivity index (χ1) is 11.0. The molecule has 0 saturated carbocycles. The van der Waals surface area contributed by atoms with Crippen LogP contribution in [0, 0.1) is 15.9 Å². The zero-order valence-corrected chi connectivity index (χ0v) is 12.3. The lowest BCUT2D eigenvalue weighted by Crippen LogP contribution is -2.12. The monoisotopic (exact) mass is 319 g/mol. The Morgan fingerprint density at radius 3 is 2.43 bits per heavy atom. The summed E-state index contributed by atoms with van der Waals surface area (Å²) in [6, 6.07) is 9.47. The number of nitrogens with zero attached hydrogens (tertiary/aromatic N) is 1. The molecule has 0 atom stereocenters. The molecule has 7 heteroatoms. The summed E-state index contributed by atoms with van der Waals surface area (Å²) >= 11 is 0. The Kier molecular flexibility index (Phi) is 5.24. The van der Waals surface area contributed by atoms with Crippen LogP contribution in [0.2, 0.25) is 0 Å². The summed E-state index contributed by atoms with van der Waals surface area (Å²) in [6.45, 7) is 2.00. The van der Waals surface area contributed by atoms with E-state index < -0.39 is 10.7 Å². The van der Waals surface area contributed by atoms with Gasteiger partial charge < -0.3 is 9.47 Å². The number of hydrogen-bond donors (Lipinski definition) is 0. The molecule has 0 heterocycles. The first-order valence-electron chi connectivity index (χ1n) is 6.84. The second-order valence-corrected chi connectivity index (χ2v) is 4.54. The number of benzene rings is 2. The largest absolute Gasteiger partial charge is 0.494 e. The van der Waals surface area contributed by atoms with Crippen LogP contribution >= 0.6 is 0 Å². The van der Waals surface area contributed by atoms with E-state index in [-0.39, 0.29) is 23.8 Å². The van der Waals surface area contributed by atoms with E-state index in [2.05, 4.69) is 0 Å². The first-order valence-corrected chi connectivity index (χ1v) is 6.84. The van der Waals surface area contributed by atoms with Crippen molar-refractivity contribution in [3.63, 3.8) is 0 Å². The minimum Gasteiger partial charge on any atom is -0.494 e. The Morgan fingerprint density at radius 2 is 1.87 bits per heavy atom. The van der Waals surface area contributed by atoms with E-state index in [4.69, 9.17) is 9.47 Å². The van der Waals surface area contributed by atoms with Gasteiger partial charge in [-0.1, -0.05) is 0 Å². The van der Waals surface area contributed by atoms with E-state index in [1.807, 2.05) is 6.92 Å². The van der Waals surface area contributed by atoms with Crippen LogP contribution in [0.5, 0.6) is 11.5 Å². The van der Waals surface area contributed by atoms with Gasteiger partial charge in [-0.25, -0.2) is 4.39 Å². The molecule has 0 fully saturated rings. The standard InChI is InChI=1S/C16H14FNO5/c1-2-22-13-6-3-11(4-7-13)15(19)10-23-16-8-5-12(18(20)21)9-14(16)17/h3-9H,2,10H2,1H3. The van der Waals surface area contributed by atoms with Gasteiger partial charge in [0.05, 0.1) is 17.6 Å². The van der Waals surface area contributed by atoms with Gasteiger partial charge in [0, 0.05) is 11.6 Å². The summed E-state index contributed by atoms with van der Waals surface area (Å²) < 4.78 is 24.0. The van der Waals surface area contributed by atoms with Crippen LogP contribution in [-0.4, -0.2) is 23.9 Å². The van der Waals surface area contributed by atoms with Crippen LogP contribution in [0.4, 0.5) is 10.1 Å². The van der Waals surface area contributed by atoms with E-state index in [0.29, 0.717) is 17.9 Å². The van der Waals surface area contributed by atoms with E-state index in [1.165, 1.54) is 0 Å². The number of nitro benzene ring substituents is 1. The SMILES string of the molecule is CCOc1ccc(C(=O)COc2ccc([N+](=O)[O-])cc2F)cc1. The van der Waals surface area contributed by atoms with Crippen LogP contribution in [0.3, 0.4) is 0 Å². The third-order valence-corrected chi connectivity index (χ3v) is 2.97. The molecular formula is C16H14FNO5. The molecule has 120 valence electrons. The normalized spacial score (nSPS) is 10.2. The number of rotatable bonds is 7. The Hall–Kier alpha value is -2.96. The predicted molar refractivity (Wildman–Crippen MR) is 80.5 cm³/mol. The molecule has 0 unspecified atom stereocenters. The first kappa shape index (κ1) is 16.4. The molecule has 0 aliphatic heterocycles. The smallest absolute Gasteiger partial charge is 0.272 e. The van der Waals surface area contributed by atoms with Gasteiger partial charge in [0.25, 0.3) is 5.69 Å². The molecule has 0 N–H and O–H groups in total. The van der Waals surface area contributed by atoms with Gasteiger partial charge >= 0.3 is 0 Å². The highest BCUT2D eigenvalue weighted by Crippen LogP contribution is 2.22. The lowest BCUT2D eigenvalue weighted by Gasteiger charge is -2.07. The number of carbonyl (C=O) groups is 1. The number of non-ortho nitro benzene ring substituents is 1. The van der Waals surface area contributed by atoms with Crippen molar-refractivity contribution in [1.29, 1.82) is 0 Å². The molecule has 6 nitrogen and oxygen atoms in total. The fraction of sp³-hybridized carbons (Fsp3) is 0.188. The summed E-state index contributed by atoms with van der Waals surface area (Å²) in [6.07, 6.45) is 0. The third kappa shape index (κ3) is 4.26. The van der Waals surface area contributed by atoms with Crippen molar-refractivity contribution in [3.8, 4) is 11.5 Å². The van der Waals surface area contributed by atoms with Crippen molar-refractivity contribution in [1.82, 2.24) is 0 Å². The van der Waals surface area contributed by atoms with Gasteiger partial charge in [0.1, 0.15) is 5.75 Å². The Morgan fingerprint density at radius 1 is 1.17 bits per heavy atom. The predicted octanol–water partition coefficient (Wildman–Crippen LogP) is 3.39. The van der Waals surface area contributed by atoms with Gasteiger partial charge in [-0.15, -0.1) is 0 Å². The Balaban J connectivity index is 2.00. The van der Waals surface area contributed by atoms with Crippen LogP contribution < -0.4 is 9.47 Å². The second-order valence-electron chi connectivity index (χ2n) is 4.54. The van der Waals surface area contributed by atoms with Crippen molar-refractivity contribution in [3.05, 3.63) is 64.0 Å². The topological polar surface area (TPSA) is 78.7 Å². The molecule has 0 spiro atoms. The summed E-state index contributed by atoms with van der Waals surface area (Å²) in [5, 5.41) is 10.5. The number of halogens is 1. The van der Waals surface area contributed by atoms with Gasteiger partial charge in [-0.2, -0.15) is 0 Å². The van der Waals surface area contributed by atoms with E-state index in [9.17, 15) is 19.3 Å². The van der Waals surface area contributed by atoms with Crippen LogP contribution in [-0.2, 0) is 0 Å². The molecule has 0 aliphatic rings. The zero-order chi connectivity index (χ0) is 16.8. The number of ether oxygens (including phenoxy) is 2. The molecule has 0 aliphatic carbocycles. The van der Waals surface area contributed by atoms with Crippen LogP contribution in [0.1, 0.15) is 17.3 Å². The molecule has 2 rings (SSSR count). The molecule has 0 saturated heterocycles. The molecular weight excluding hydrogens is 305 g/mol. The summed E-state index contributed by atoms with van der Waals surface area (Å²) in [5.41, 5.74) is 0.0171. The van der Waals surface area contributed by atoms with Crippen molar-refractivity contribution in [2.24, 2.45) is 0 Å². The maximum atomic E-state index is 13.6. The molecule has 0 amide bonds. The van der Waals surface area contributed by atoms with Gasteiger partial charge in [-0.3, -0.25) is 14.9 Å². The Bertz CT molecular complexity index is 715. The molecule has 0 aromatic heterocycles. The number of nitro groups is 1. The number of hydrogen-bond acceptors (Lipinski definition) is 5. The highest BCUT2D eigenvalue weighted by molar-refractivity contribution is 5.97. The average molecular weight is 319 g/mol. The molecule has 0 bridgehead atoms. The van der Waals surface area contributed by atoms with Crippen molar-refractivity contribution in [2.75, 3.05) is 13.2 Å². The van der Waals surface area contributed by atoms with Crippen molar-refractivity contribution < 1.29 is 23.6 Å². The van der Waals surface area contributed by atoms with Crippen LogP contribution in [0.15, 0.2) is 42.5 Å². The molecule has 2 aromatic rings. The van der Waals surface area contributed by atoms with E-state index in [0.717, 1.165) is 18.2 Å². The molecule has 0 radical (unpaired) electrons. The van der Waals surface area contributed by atoms with Crippen molar-refractivity contribution in [2.45, 2.75) is 6.92 Å². The van der Waals surface area contributed by atoms with Crippen LogP contribution in [0.25, 0.3) is 0 Å². The fourth-order valence-corrected chi connectivity index (χ4v) is 1.85. The lowest BCUT2D eigenvalue weighted by atomic mass is 10.1. The minimum absolute atomic E-state index is 0.213. The maximum absolute atomic E-state index is 13.6. The average Bonchev–Trinajstić information content (AvgIpc) is 2.54. The highest BCUT2D eigenvalue weighted by Gasteiger charge is 2.13. The number of ketones is 1. The maximum Gasteiger partial charge on any atom is 0.272 e. The summed E-state index contributed by atoms with van der Waals surface area (Å²) in [5.74, 6) is -0.800. The van der Waals surface area contributed by atoms with E-state index in [1.54, 1.807) is 24.3 Å². The summed E-state index contributed by atoms with van der Waals surface area (Å²) in [4.78, 5) is 21.8. The highest BCUT2D eigenvalue weighted by atomic mass is 19.1.